The first kappa shape index (κ1) is 22.7. The van der Waals surface area contributed by atoms with Crippen molar-refractivity contribution in [2.75, 3.05) is 17.7 Å². The van der Waals surface area contributed by atoms with Gasteiger partial charge in [0.2, 0.25) is 15.9 Å². The third-order valence-electron chi connectivity index (χ3n) is 4.91. The Morgan fingerprint density at radius 2 is 1.76 bits per heavy atom. The average molecular weight is 419 g/mol. The molecule has 0 fully saturated rings. The van der Waals surface area contributed by atoms with Crippen molar-refractivity contribution in [3.63, 3.8) is 0 Å². The summed E-state index contributed by atoms with van der Waals surface area (Å²) in [6, 6.07) is 11.9. The number of carbonyl (C=O) groups is 1. The zero-order chi connectivity index (χ0) is 21.8. The minimum atomic E-state index is -3.67. The summed E-state index contributed by atoms with van der Waals surface area (Å²) >= 11 is 0. The van der Waals surface area contributed by atoms with Gasteiger partial charge in [-0.1, -0.05) is 31.2 Å². The quantitative estimate of drug-likeness (QED) is 0.709. The van der Waals surface area contributed by atoms with Crippen molar-refractivity contribution in [2.24, 2.45) is 0 Å². The number of sulfonamides is 1. The van der Waals surface area contributed by atoms with E-state index in [0.29, 0.717) is 12.1 Å². The lowest BCUT2D eigenvalue weighted by Gasteiger charge is -2.32. The second kappa shape index (κ2) is 9.31. The number of ether oxygens (including phenoxy) is 1. The smallest absolute Gasteiger partial charge is 0.244 e. The lowest BCUT2D eigenvalue weighted by molar-refractivity contribution is -0.122. The summed E-state index contributed by atoms with van der Waals surface area (Å²) < 4.78 is 31.7. The van der Waals surface area contributed by atoms with E-state index in [4.69, 9.17) is 4.74 Å². The van der Waals surface area contributed by atoms with E-state index in [1.165, 1.54) is 4.31 Å². The van der Waals surface area contributed by atoms with Gasteiger partial charge in [0.25, 0.3) is 0 Å². The van der Waals surface area contributed by atoms with Gasteiger partial charge in [-0.25, -0.2) is 8.42 Å². The third kappa shape index (κ3) is 5.50. The van der Waals surface area contributed by atoms with Crippen LogP contribution in [0.3, 0.4) is 0 Å². The van der Waals surface area contributed by atoms with E-state index >= 15 is 0 Å². The second-order valence-electron chi connectivity index (χ2n) is 7.28. The topological polar surface area (TPSA) is 75.7 Å². The van der Waals surface area contributed by atoms with Crippen molar-refractivity contribution in [3.05, 3.63) is 59.2 Å². The van der Waals surface area contributed by atoms with Crippen molar-refractivity contribution < 1.29 is 17.9 Å². The predicted octanol–water partition coefficient (Wildman–Crippen LogP) is 3.73. The van der Waals surface area contributed by atoms with Gasteiger partial charge in [0.1, 0.15) is 11.8 Å². The van der Waals surface area contributed by atoms with Gasteiger partial charge in [0, 0.05) is 0 Å². The fourth-order valence-corrected chi connectivity index (χ4v) is 4.54. The summed E-state index contributed by atoms with van der Waals surface area (Å²) in [5.41, 5.74) is 3.18. The Hall–Kier alpha value is -2.54. The van der Waals surface area contributed by atoms with Crippen molar-refractivity contribution >= 4 is 21.6 Å². The highest BCUT2D eigenvalue weighted by Gasteiger charge is 2.33. The SMILES string of the molecule is CC[C@H](C(=O)N[C@@H](C)c1ccc(OC)cc1)N(c1cc(C)ccc1C)S(C)(=O)=O. The molecule has 0 spiro atoms. The number of nitrogens with zero attached hydrogens (tertiary/aromatic N) is 1. The summed E-state index contributed by atoms with van der Waals surface area (Å²) in [5.74, 6) is 0.402. The Balaban J connectivity index is 2.34. The number of hydrogen-bond acceptors (Lipinski definition) is 4. The van der Waals surface area contributed by atoms with Crippen LogP contribution in [0.15, 0.2) is 42.5 Å². The summed E-state index contributed by atoms with van der Waals surface area (Å²) in [5, 5.41) is 2.96. The van der Waals surface area contributed by atoms with Crippen LogP contribution in [0, 0.1) is 13.8 Å². The van der Waals surface area contributed by atoms with Gasteiger partial charge in [-0.05, 0) is 62.1 Å². The van der Waals surface area contributed by atoms with Gasteiger partial charge in [-0.3, -0.25) is 9.10 Å². The molecule has 0 saturated heterocycles. The number of hydrogen-bond donors (Lipinski definition) is 1. The van der Waals surface area contributed by atoms with E-state index < -0.39 is 16.1 Å². The van der Waals surface area contributed by atoms with Crippen LogP contribution in [-0.4, -0.2) is 33.7 Å². The molecule has 7 heteroatoms. The largest absolute Gasteiger partial charge is 0.497 e. The molecule has 2 aromatic rings. The van der Waals surface area contributed by atoms with Gasteiger partial charge >= 0.3 is 0 Å². The van der Waals surface area contributed by atoms with Crippen molar-refractivity contribution in [1.29, 1.82) is 0 Å². The maximum absolute atomic E-state index is 13.1. The molecule has 29 heavy (non-hydrogen) atoms. The molecule has 6 nitrogen and oxygen atoms in total. The number of benzene rings is 2. The van der Waals surface area contributed by atoms with E-state index in [2.05, 4.69) is 5.32 Å². The molecule has 1 N–H and O–H groups in total. The lowest BCUT2D eigenvalue weighted by atomic mass is 10.1. The molecule has 0 aliphatic rings. The van der Waals surface area contributed by atoms with Crippen LogP contribution in [0.5, 0.6) is 5.75 Å². The van der Waals surface area contributed by atoms with Crippen LogP contribution >= 0.6 is 0 Å². The Morgan fingerprint density at radius 1 is 1.14 bits per heavy atom. The monoisotopic (exact) mass is 418 g/mol. The number of methoxy groups -OCH3 is 1. The molecule has 0 bridgehead atoms. The zero-order valence-electron chi connectivity index (χ0n) is 17.9. The maximum atomic E-state index is 13.1. The van der Waals surface area contributed by atoms with E-state index in [0.717, 1.165) is 28.7 Å². The molecule has 0 saturated carbocycles. The molecular weight excluding hydrogens is 388 g/mol. The molecule has 0 aliphatic heterocycles. The van der Waals surface area contributed by atoms with Crippen LogP contribution in [0.1, 0.15) is 43.0 Å². The van der Waals surface area contributed by atoms with E-state index in [-0.39, 0.29) is 11.9 Å². The van der Waals surface area contributed by atoms with Crippen LogP contribution in [-0.2, 0) is 14.8 Å². The van der Waals surface area contributed by atoms with E-state index in [1.54, 1.807) is 13.2 Å². The Bertz CT molecular complexity index is 955. The molecular formula is C22H30N2O4S. The molecule has 2 aromatic carbocycles. The number of amides is 1. The first-order valence-corrected chi connectivity index (χ1v) is 11.4. The highest BCUT2D eigenvalue weighted by atomic mass is 32.2. The van der Waals surface area contributed by atoms with Crippen LogP contribution in [0.4, 0.5) is 5.69 Å². The highest BCUT2D eigenvalue weighted by Crippen LogP contribution is 2.28. The summed E-state index contributed by atoms with van der Waals surface area (Å²) in [6.07, 6.45) is 1.49. The molecule has 158 valence electrons. The van der Waals surface area contributed by atoms with E-state index in [9.17, 15) is 13.2 Å². The van der Waals surface area contributed by atoms with Gasteiger partial charge in [0.05, 0.1) is 25.1 Å². The fourth-order valence-electron chi connectivity index (χ4n) is 3.28. The van der Waals surface area contributed by atoms with Gasteiger partial charge in [-0.15, -0.1) is 0 Å². The minimum absolute atomic E-state index is 0.275. The maximum Gasteiger partial charge on any atom is 0.244 e. The molecule has 0 radical (unpaired) electrons. The van der Waals surface area contributed by atoms with Gasteiger partial charge in [-0.2, -0.15) is 0 Å². The van der Waals surface area contributed by atoms with Crippen molar-refractivity contribution in [1.82, 2.24) is 5.32 Å². The molecule has 2 atom stereocenters. The normalized spacial score (nSPS) is 13.4. The standard InChI is InChI=1S/C22H30N2O4S/c1-7-20(22(25)23-17(4)18-10-12-19(28-5)13-11-18)24(29(6,26)27)21-14-15(2)8-9-16(21)3/h8-14,17,20H,7H2,1-6H3,(H,23,25)/t17-,20+/m0/s1. The molecule has 0 aromatic heterocycles. The fraction of sp³-hybridized carbons (Fsp3) is 0.409. The van der Waals surface area contributed by atoms with Crippen molar-refractivity contribution in [3.8, 4) is 5.75 Å². The van der Waals surface area contributed by atoms with Crippen LogP contribution < -0.4 is 14.4 Å². The Morgan fingerprint density at radius 3 is 2.28 bits per heavy atom. The lowest BCUT2D eigenvalue weighted by Crippen LogP contribution is -2.50. The van der Waals surface area contributed by atoms with Gasteiger partial charge < -0.3 is 10.1 Å². The second-order valence-corrected chi connectivity index (χ2v) is 9.14. The average Bonchev–Trinajstić information content (AvgIpc) is 2.67. The molecule has 0 aliphatic carbocycles. The first-order chi connectivity index (χ1) is 13.6. The van der Waals surface area contributed by atoms with Crippen LogP contribution in [0.25, 0.3) is 0 Å². The molecule has 0 unspecified atom stereocenters. The molecule has 0 heterocycles. The summed E-state index contributed by atoms with van der Waals surface area (Å²) in [4.78, 5) is 13.1. The Kier molecular flexibility index (Phi) is 7.30. The number of nitrogens with one attached hydrogen (secondary N) is 1. The highest BCUT2D eigenvalue weighted by molar-refractivity contribution is 7.92. The predicted molar refractivity (Wildman–Crippen MR) is 117 cm³/mol. The Labute approximate surface area is 173 Å². The summed E-state index contributed by atoms with van der Waals surface area (Å²) in [6.45, 7) is 7.43. The zero-order valence-corrected chi connectivity index (χ0v) is 18.7. The first-order valence-electron chi connectivity index (χ1n) is 9.59. The summed E-state index contributed by atoms with van der Waals surface area (Å²) in [7, 11) is -2.07. The van der Waals surface area contributed by atoms with E-state index in [1.807, 2.05) is 64.1 Å². The van der Waals surface area contributed by atoms with Gasteiger partial charge in [0.15, 0.2) is 0 Å². The van der Waals surface area contributed by atoms with Crippen LogP contribution in [0.2, 0.25) is 0 Å². The number of carbonyl (C=O) groups excluding carboxylic acids is 1. The molecule has 2 rings (SSSR count). The number of rotatable bonds is 8. The minimum Gasteiger partial charge on any atom is -0.497 e. The van der Waals surface area contributed by atoms with Crippen molar-refractivity contribution in [2.45, 2.75) is 46.2 Å². The number of aryl methyl sites for hydroxylation is 2. The third-order valence-corrected chi connectivity index (χ3v) is 6.07. The molecule has 1 amide bonds. The number of anilines is 1.